The maximum absolute atomic E-state index is 12.1. The second-order valence-electron chi connectivity index (χ2n) is 6.39. The number of carbonyl (C=O) groups is 1. The molecular weight excluding hydrogens is 280 g/mol. The molecule has 112 valence electrons. The number of aryl methyl sites for hydroxylation is 2. The number of benzene rings is 1. The Morgan fingerprint density at radius 2 is 1.81 bits per heavy atom. The van der Waals surface area contributed by atoms with Crippen LogP contribution in [0, 0.1) is 19.3 Å². The summed E-state index contributed by atoms with van der Waals surface area (Å²) in [5.74, 6) is 0.688. The molecule has 0 saturated heterocycles. The summed E-state index contributed by atoms with van der Waals surface area (Å²) in [4.78, 5) is 16.4. The van der Waals surface area contributed by atoms with E-state index in [1.807, 2.05) is 31.5 Å². The molecule has 0 atom stereocenters. The zero-order chi connectivity index (χ0) is 15.6. The van der Waals surface area contributed by atoms with E-state index in [4.69, 9.17) is 0 Å². The maximum atomic E-state index is 12.1. The number of imidazole rings is 1. The minimum atomic E-state index is -0.301. The van der Waals surface area contributed by atoms with Crippen molar-refractivity contribution in [2.75, 3.05) is 5.75 Å². The normalized spacial score (nSPS) is 11.7. The van der Waals surface area contributed by atoms with E-state index in [9.17, 15) is 4.79 Å². The lowest BCUT2D eigenvalue weighted by Crippen LogP contribution is -2.22. The molecule has 0 fully saturated rings. The van der Waals surface area contributed by atoms with Crippen molar-refractivity contribution in [2.45, 2.75) is 39.8 Å². The quantitative estimate of drug-likeness (QED) is 0.794. The van der Waals surface area contributed by atoms with Crippen LogP contribution in [0.15, 0.2) is 35.7 Å². The summed E-state index contributed by atoms with van der Waals surface area (Å²) in [6.07, 6.45) is 3.72. The maximum Gasteiger partial charge on any atom is 0.173 e. The van der Waals surface area contributed by atoms with Gasteiger partial charge in [-0.05, 0) is 37.1 Å². The fourth-order valence-corrected chi connectivity index (χ4v) is 3.16. The molecule has 1 aromatic carbocycles. The summed E-state index contributed by atoms with van der Waals surface area (Å²) >= 11 is 1.50. The number of Topliss-reactive ketones (excluding diaryl/α,β-unsaturated/α-hetero) is 1. The smallest absolute Gasteiger partial charge is 0.173 e. The average molecular weight is 302 g/mol. The second-order valence-corrected chi connectivity index (χ2v) is 7.33. The Morgan fingerprint density at radius 1 is 1.19 bits per heavy atom. The molecule has 0 N–H and O–H groups in total. The van der Waals surface area contributed by atoms with Crippen LogP contribution in [0.25, 0.3) is 5.69 Å². The fourth-order valence-electron chi connectivity index (χ4n) is 2.03. The predicted molar refractivity (Wildman–Crippen MR) is 88.2 cm³/mol. The number of nitrogens with zero attached hydrogens (tertiary/aromatic N) is 2. The highest BCUT2D eigenvalue weighted by atomic mass is 32.2. The molecule has 2 rings (SSSR count). The van der Waals surface area contributed by atoms with Gasteiger partial charge in [0.1, 0.15) is 5.78 Å². The van der Waals surface area contributed by atoms with E-state index < -0.39 is 0 Å². The van der Waals surface area contributed by atoms with Crippen LogP contribution >= 0.6 is 11.8 Å². The lowest BCUT2D eigenvalue weighted by molar-refractivity contribution is -0.123. The molecular formula is C17H22N2OS. The minimum absolute atomic E-state index is 0.238. The molecule has 21 heavy (non-hydrogen) atoms. The van der Waals surface area contributed by atoms with E-state index in [1.54, 1.807) is 6.20 Å². The number of aromatic nitrogens is 2. The van der Waals surface area contributed by atoms with Gasteiger partial charge in [-0.15, -0.1) is 0 Å². The Bertz CT molecular complexity index is 633. The Hall–Kier alpha value is -1.55. The molecule has 1 aromatic heterocycles. The summed E-state index contributed by atoms with van der Waals surface area (Å²) in [7, 11) is 0. The largest absolute Gasteiger partial charge is 0.298 e. The van der Waals surface area contributed by atoms with Gasteiger partial charge < -0.3 is 0 Å². The molecule has 0 radical (unpaired) electrons. The van der Waals surface area contributed by atoms with Crippen LogP contribution in [0.3, 0.4) is 0 Å². The topological polar surface area (TPSA) is 34.9 Å². The highest BCUT2D eigenvalue weighted by Gasteiger charge is 2.21. The van der Waals surface area contributed by atoms with Gasteiger partial charge in [0.05, 0.1) is 5.75 Å². The third kappa shape index (κ3) is 3.97. The third-order valence-corrected chi connectivity index (χ3v) is 4.23. The Kier molecular flexibility index (Phi) is 4.57. The number of thioether (sulfide) groups is 1. The van der Waals surface area contributed by atoms with Gasteiger partial charge in [0.2, 0.25) is 0 Å². The number of hydrogen-bond donors (Lipinski definition) is 0. The van der Waals surface area contributed by atoms with Crippen molar-refractivity contribution >= 4 is 17.5 Å². The van der Waals surface area contributed by atoms with Gasteiger partial charge in [0, 0.05) is 23.5 Å². The van der Waals surface area contributed by atoms with Crippen LogP contribution in [0.1, 0.15) is 31.9 Å². The number of carbonyl (C=O) groups excluding carboxylic acids is 1. The molecule has 0 aliphatic rings. The van der Waals surface area contributed by atoms with E-state index in [0.29, 0.717) is 5.75 Å². The molecule has 0 unspecified atom stereocenters. The summed E-state index contributed by atoms with van der Waals surface area (Å²) < 4.78 is 2.04. The first-order chi connectivity index (χ1) is 9.77. The Labute approximate surface area is 130 Å². The van der Waals surface area contributed by atoms with Gasteiger partial charge in [-0.3, -0.25) is 9.36 Å². The van der Waals surface area contributed by atoms with Crippen LogP contribution < -0.4 is 0 Å². The molecule has 0 aliphatic carbocycles. The lowest BCUT2D eigenvalue weighted by Gasteiger charge is -2.16. The van der Waals surface area contributed by atoms with Crippen LogP contribution in [0.2, 0.25) is 0 Å². The van der Waals surface area contributed by atoms with Crippen LogP contribution in [-0.2, 0) is 4.79 Å². The van der Waals surface area contributed by atoms with E-state index in [0.717, 1.165) is 10.8 Å². The number of hydrogen-bond acceptors (Lipinski definition) is 3. The highest BCUT2D eigenvalue weighted by Crippen LogP contribution is 2.25. The Balaban J connectivity index is 2.21. The van der Waals surface area contributed by atoms with Crippen molar-refractivity contribution < 1.29 is 4.79 Å². The van der Waals surface area contributed by atoms with E-state index in [-0.39, 0.29) is 11.2 Å². The van der Waals surface area contributed by atoms with Crippen molar-refractivity contribution in [2.24, 2.45) is 5.41 Å². The summed E-state index contributed by atoms with van der Waals surface area (Å²) in [6.45, 7) is 10.0. The first-order valence-electron chi connectivity index (χ1n) is 7.05. The minimum Gasteiger partial charge on any atom is -0.298 e. The number of rotatable bonds is 4. The monoisotopic (exact) mass is 302 g/mol. The standard InChI is InChI=1S/C17H22N2OS/c1-12-8-13(2)10-14(9-12)19-7-6-18-16(19)21-11-15(20)17(3,4)5/h6-10H,11H2,1-5H3. The molecule has 4 heteroatoms. The first-order valence-corrected chi connectivity index (χ1v) is 8.04. The van der Waals surface area contributed by atoms with Gasteiger partial charge >= 0.3 is 0 Å². The third-order valence-electron chi connectivity index (χ3n) is 3.26. The first kappa shape index (κ1) is 15.8. The number of ketones is 1. The Morgan fingerprint density at radius 3 is 2.38 bits per heavy atom. The van der Waals surface area contributed by atoms with Crippen LogP contribution in [0.4, 0.5) is 0 Å². The molecule has 3 nitrogen and oxygen atoms in total. The summed E-state index contributed by atoms with van der Waals surface area (Å²) in [6, 6.07) is 6.41. The van der Waals surface area contributed by atoms with Gasteiger partial charge in [-0.1, -0.05) is 38.6 Å². The van der Waals surface area contributed by atoms with Gasteiger partial charge in [-0.2, -0.15) is 0 Å². The van der Waals surface area contributed by atoms with Gasteiger partial charge in [0.15, 0.2) is 5.16 Å². The van der Waals surface area contributed by atoms with Crippen molar-refractivity contribution in [1.29, 1.82) is 0 Å². The second kappa shape index (κ2) is 6.06. The van der Waals surface area contributed by atoms with Crippen molar-refractivity contribution in [1.82, 2.24) is 9.55 Å². The molecule has 0 amide bonds. The van der Waals surface area contributed by atoms with Crippen molar-refractivity contribution in [3.8, 4) is 5.69 Å². The van der Waals surface area contributed by atoms with Crippen LogP contribution in [0.5, 0.6) is 0 Å². The van der Waals surface area contributed by atoms with Crippen LogP contribution in [-0.4, -0.2) is 21.1 Å². The van der Waals surface area contributed by atoms with E-state index in [1.165, 1.54) is 22.9 Å². The lowest BCUT2D eigenvalue weighted by atomic mass is 9.92. The summed E-state index contributed by atoms with van der Waals surface area (Å²) in [5.41, 5.74) is 3.24. The molecule has 0 bridgehead atoms. The van der Waals surface area contributed by atoms with E-state index in [2.05, 4.69) is 37.0 Å². The summed E-state index contributed by atoms with van der Waals surface area (Å²) in [5, 5.41) is 0.859. The molecule has 2 aromatic rings. The van der Waals surface area contributed by atoms with Gasteiger partial charge in [0.25, 0.3) is 0 Å². The average Bonchev–Trinajstić information content (AvgIpc) is 2.81. The SMILES string of the molecule is Cc1cc(C)cc(-n2ccnc2SCC(=O)C(C)(C)C)c1. The zero-order valence-electron chi connectivity index (χ0n) is 13.3. The molecule has 0 saturated carbocycles. The molecule has 0 aliphatic heterocycles. The van der Waals surface area contributed by atoms with Crippen molar-refractivity contribution in [3.05, 3.63) is 41.7 Å². The molecule has 1 heterocycles. The van der Waals surface area contributed by atoms with E-state index >= 15 is 0 Å². The predicted octanol–water partition coefficient (Wildman–Crippen LogP) is 4.20. The fraction of sp³-hybridized carbons (Fsp3) is 0.412. The molecule has 0 spiro atoms. The highest BCUT2D eigenvalue weighted by molar-refractivity contribution is 7.99. The van der Waals surface area contributed by atoms with Crippen molar-refractivity contribution in [3.63, 3.8) is 0 Å². The van der Waals surface area contributed by atoms with Gasteiger partial charge in [-0.25, -0.2) is 4.98 Å². The zero-order valence-corrected chi connectivity index (χ0v) is 14.1.